The fourth-order valence-electron chi connectivity index (χ4n) is 4.96. The van der Waals surface area contributed by atoms with Crippen LogP contribution in [0.1, 0.15) is 18.9 Å². The number of methoxy groups -OCH3 is 2. The number of amides is 2. The molecule has 2 aliphatic rings. The first-order valence-corrected chi connectivity index (χ1v) is 12.2. The van der Waals surface area contributed by atoms with Gasteiger partial charge in [-0.2, -0.15) is 0 Å². The predicted octanol–water partition coefficient (Wildman–Crippen LogP) is 0.642. The average molecular weight is 476 g/mol. The maximum absolute atomic E-state index is 13.0. The van der Waals surface area contributed by atoms with Gasteiger partial charge in [0.2, 0.25) is 11.8 Å². The van der Waals surface area contributed by atoms with E-state index in [-0.39, 0.29) is 17.7 Å². The van der Waals surface area contributed by atoms with Gasteiger partial charge in [0.15, 0.2) is 11.5 Å². The Morgan fingerprint density at radius 3 is 2.35 bits per heavy atom. The van der Waals surface area contributed by atoms with E-state index in [2.05, 4.69) is 38.4 Å². The Labute approximate surface area is 203 Å². The Morgan fingerprint density at radius 1 is 0.971 bits per heavy atom. The van der Waals surface area contributed by atoms with Crippen LogP contribution < -0.4 is 20.1 Å². The summed E-state index contributed by atoms with van der Waals surface area (Å²) in [6.45, 7) is 10.2. The topological polar surface area (TPSA) is 86.4 Å². The number of benzene rings is 1. The molecular weight excluding hydrogens is 434 g/mol. The predicted molar refractivity (Wildman–Crippen MR) is 132 cm³/mol. The van der Waals surface area contributed by atoms with Crippen LogP contribution in [0, 0.1) is 11.8 Å². The lowest BCUT2D eigenvalue weighted by atomic mass is 9.87. The van der Waals surface area contributed by atoms with E-state index in [0.29, 0.717) is 24.8 Å². The minimum Gasteiger partial charge on any atom is -0.493 e. The van der Waals surface area contributed by atoms with E-state index in [9.17, 15) is 9.59 Å². The number of hydrogen-bond acceptors (Lipinski definition) is 7. The molecule has 2 N–H and O–H groups in total. The highest BCUT2D eigenvalue weighted by atomic mass is 16.5. The third kappa shape index (κ3) is 7.85. The highest BCUT2D eigenvalue weighted by Gasteiger charge is 2.33. The Bertz CT molecular complexity index is 812. The van der Waals surface area contributed by atoms with E-state index >= 15 is 0 Å². The molecule has 0 bridgehead atoms. The lowest BCUT2D eigenvalue weighted by molar-refractivity contribution is -0.128. The molecule has 2 heterocycles. The number of piperazine rings is 1. The maximum Gasteiger partial charge on any atom is 0.224 e. The summed E-state index contributed by atoms with van der Waals surface area (Å²) in [5, 5.41) is 5.75. The molecule has 0 spiro atoms. The molecule has 0 unspecified atom stereocenters. The quantitative estimate of drug-likeness (QED) is 0.481. The van der Waals surface area contributed by atoms with Crippen LogP contribution in [0.2, 0.25) is 0 Å². The Balaban J connectivity index is 1.65. The number of likely N-dealkylation sites (tertiary alicyclic amines) is 1. The summed E-state index contributed by atoms with van der Waals surface area (Å²) in [6.07, 6.45) is 0.890. The Kier molecular flexibility index (Phi) is 9.98. The summed E-state index contributed by atoms with van der Waals surface area (Å²) in [5.41, 5.74) is 1.14. The van der Waals surface area contributed by atoms with Gasteiger partial charge < -0.3 is 29.9 Å². The van der Waals surface area contributed by atoms with E-state index in [1.807, 2.05) is 12.1 Å². The van der Waals surface area contributed by atoms with Crippen molar-refractivity contribution in [1.82, 2.24) is 25.3 Å². The van der Waals surface area contributed by atoms with Gasteiger partial charge in [-0.3, -0.25) is 14.5 Å². The Morgan fingerprint density at radius 2 is 1.68 bits per heavy atom. The van der Waals surface area contributed by atoms with Crippen molar-refractivity contribution in [2.45, 2.75) is 19.9 Å². The van der Waals surface area contributed by atoms with Gasteiger partial charge in [0, 0.05) is 72.4 Å². The lowest BCUT2D eigenvalue weighted by Gasteiger charge is -2.41. The van der Waals surface area contributed by atoms with Gasteiger partial charge in [0.05, 0.1) is 20.1 Å². The number of ether oxygens (including phenoxy) is 2. The van der Waals surface area contributed by atoms with Crippen LogP contribution in [-0.2, 0) is 16.1 Å². The molecular formula is C25H41N5O4. The maximum atomic E-state index is 13.0. The molecule has 2 amide bonds. The first-order chi connectivity index (χ1) is 16.4. The number of carbonyl (C=O) groups excluding carboxylic acids is 2. The molecule has 2 aliphatic heterocycles. The molecule has 1 aromatic carbocycles. The molecule has 0 aromatic heterocycles. The van der Waals surface area contributed by atoms with Crippen LogP contribution in [0.3, 0.4) is 0 Å². The van der Waals surface area contributed by atoms with E-state index in [4.69, 9.17) is 9.47 Å². The van der Waals surface area contributed by atoms with Gasteiger partial charge in [-0.25, -0.2) is 0 Å². The van der Waals surface area contributed by atoms with Gasteiger partial charge in [-0.05, 0) is 37.1 Å². The van der Waals surface area contributed by atoms with Crippen molar-refractivity contribution in [3.63, 3.8) is 0 Å². The summed E-state index contributed by atoms with van der Waals surface area (Å²) in [4.78, 5) is 31.4. The first kappa shape index (κ1) is 26.2. The van der Waals surface area contributed by atoms with Crippen molar-refractivity contribution >= 4 is 11.8 Å². The van der Waals surface area contributed by atoms with Crippen molar-refractivity contribution < 1.29 is 19.1 Å². The van der Waals surface area contributed by atoms with Gasteiger partial charge in [0.25, 0.3) is 0 Å². The number of carbonyl (C=O) groups is 2. The number of nitrogens with zero attached hydrogens (tertiary/aromatic N) is 3. The third-order valence-electron chi connectivity index (χ3n) is 6.75. The zero-order valence-corrected chi connectivity index (χ0v) is 21.1. The molecule has 1 aromatic rings. The van der Waals surface area contributed by atoms with Gasteiger partial charge in [-0.1, -0.05) is 6.07 Å². The fourth-order valence-corrected chi connectivity index (χ4v) is 4.96. The summed E-state index contributed by atoms with van der Waals surface area (Å²) in [5.74, 6) is 1.80. The second-order valence-electron chi connectivity index (χ2n) is 9.56. The number of rotatable bonds is 10. The standard InChI is InChI=1S/C25H41N5O4/c1-19(31)26-7-8-27-25(32)22-13-21(16-29-11-9-28(2)10-12-29)17-30(18-22)15-20-5-6-23(33-3)24(14-20)34-4/h5-6,14,21-22H,7-13,15-18H2,1-4H3,(H,26,31)(H,27,32)/t21-,22-/m1/s1. The van der Waals surface area contributed by atoms with Crippen molar-refractivity contribution in [3.05, 3.63) is 23.8 Å². The second-order valence-corrected chi connectivity index (χ2v) is 9.56. The first-order valence-electron chi connectivity index (χ1n) is 12.2. The monoisotopic (exact) mass is 475 g/mol. The summed E-state index contributed by atoms with van der Waals surface area (Å²) in [6, 6.07) is 6.02. The van der Waals surface area contributed by atoms with Crippen LogP contribution in [0.15, 0.2) is 18.2 Å². The SMILES string of the molecule is COc1ccc(CN2C[C@@H](CN3CCN(C)CC3)C[C@@H](C(=O)NCCNC(C)=O)C2)cc1OC. The lowest BCUT2D eigenvalue weighted by Crippen LogP contribution is -2.51. The molecule has 0 radical (unpaired) electrons. The van der Waals surface area contributed by atoms with Crippen molar-refractivity contribution in [1.29, 1.82) is 0 Å². The zero-order chi connectivity index (χ0) is 24.5. The zero-order valence-electron chi connectivity index (χ0n) is 21.1. The molecule has 34 heavy (non-hydrogen) atoms. The van der Waals surface area contributed by atoms with Gasteiger partial charge >= 0.3 is 0 Å². The molecule has 3 rings (SSSR count). The van der Waals surface area contributed by atoms with E-state index < -0.39 is 0 Å². The summed E-state index contributed by atoms with van der Waals surface area (Å²) < 4.78 is 10.9. The van der Waals surface area contributed by atoms with Gasteiger partial charge in [-0.15, -0.1) is 0 Å². The third-order valence-corrected chi connectivity index (χ3v) is 6.75. The fraction of sp³-hybridized carbons (Fsp3) is 0.680. The minimum atomic E-state index is -0.0831. The highest BCUT2D eigenvalue weighted by molar-refractivity contribution is 5.79. The molecule has 190 valence electrons. The summed E-state index contributed by atoms with van der Waals surface area (Å²) in [7, 11) is 5.46. The molecule has 9 nitrogen and oxygen atoms in total. The smallest absolute Gasteiger partial charge is 0.224 e. The molecule has 0 aliphatic carbocycles. The van der Waals surface area contributed by atoms with Crippen LogP contribution in [0.25, 0.3) is 0 Å². The van der Waals surface area contributed by atoms with E-state index in [1.54, 1.807) is 14.2 Å². The summed E-state index contributed by atoms with van der Waals surface area (Å²) >= 11 is 0. The van der Waals surface area contributed by atoms with E-state index in [1.165, 1.54) is 6.92 Å². The largest absolute Gasteiger partial charge is 0.493 e. The van der Waals surface area contributed by atoms with Crippen molar-refractivity contribution in [2.75, 3.05) is 80.2 Å². The number of likely N-dealkylation sites (N-methyl/N-ethyl adjacent to an activating group) is 1. The van der Waals surface area contributed by atoms with Crippen LogP contribution in [0.4, 0.5) is 0 Å². The molecule has 9 heteroatoms. The van der Waals surface area contributed by atoms with Crippen molar-refractivity contribution in [3.8, 4) is 11.5 Å². The molecule has 2 atom stereocenters. The minimum absolute atomic E-state index is 0.0660. The molecule has 2 saturated heterocycles. The van der Waals surface area contributed by atoms with Gasteiger partial charge in [0.1, 0.15) is 0 Å². The second kappa shape index (κ2) is 12.9. The highest BCUT2D eigenvalue weighted by Crippen LogP contribution is 2.30. The normalized spacial score (nSPS) is 22.2. The Hall–Kier alpha value is -2.36. The van der Waals surface area contributed by atoms with Crippen LogP contribution >= 0.6 is 0 Å². The molecule has 2 fully saturated rings. The average Bonchev–Trinajstić information content (AvgIpc) is 2.82. The van der Waals surface area contributed by atoms with Crippen LogP contribution in [-0.4, -0.2) is 107 Å². The molecule has 0 saturated carbocycles. The van der Waals surface area contributed by atoms with Crippen LogP contribution in [0.5, 0.6) is 11.5 Å². The van der Waals surface area contributed by atoms with Crippen molar-refractivity contribution in [2.24, 2.45) is 11.8 Å². The number of piperidine rings is 1. The van der Waals surface area contributed by atoms with E-state index in [0.717, 1.165) is 70.1 Å². The number of nitrogens with one attached hydrogen (secondary N) is 2. The number of hydrogen-bond donors (Lipinski definition) is 2.